The van der Waals surface area contributed by atoms with Crippen molar-refractivity contribution in [2.75, 3.05) is 11.6 Å². The van der Waals surface area contributed by atoms with Gasteiger partial charge in [-0.2, -0.15) is 5.26 Å². The largest absolute Gasteiger partial charge is 0.380 e. The number of thioether (sulfide) groups is 1. The lowest BCUT2D eigenvalue weighted by molar-refractivity contribution is 0.457. The maximum absolute atomic E-state index is 9.32. The summed E-state index contributed by atoms with van der Waals surface area (Å²) in [5, 5.41) is 12.9. The Morgan fingerprint density at radius 1 is 1.22 bits per heavy atom. The van der Waals surface area contributed by atoms with Crippen molar-refractivity contribution in [1.29, 1.82) is 5.26 Å². The van der Waals surface area contributed by atoms with Gasteiger partial charge in [-0.15, -0.1) is 11.8 Å². The van der Waals surface area contributed by atoms with E-state index in [1.807, 2.05) is 24.5 Å². The molecule has 1 aliphatic rings. The summed E-state index contributed by atoms with van der Waals surface area (Å²) in [6.07, 6.45) is 2.00. The molecule has 0 radical (unpaired) electrons. The Labute approximate surface area is 114 Å². The molecule has 0 amide bonds. The van der Waals surface area contributed by atoms with Gasteiger partial charge in [0.1, 0.15) is 6.07 Å². The summed E-state index contributed by atoms with van der Waals surface area (Å²) in [5.41, 5.74) is 2.28. The van der Waals surface area contributed by atoms with Crippen LogP contribution >= 0.6 is 11.8 Å². The number of benzene rings is 1. The quantitative estimate of drug-likeness (QED) is 0.830. The number of hydrogen-bond acceptors (Lipinski definition) is 3. The molecule has 1 fully saturated rings. The summed E-state index contributed by atoms with van der Waals surface area (Å²) in [6, 6.07) is 8.76. The standard InChI is InChI=1S/C15H20N2S/c1-14(2)13(15(14,3)4)17-11-7-6-8-12(18-5)10(11)9-16/h6-8,13,17H,1-5H3. The van der Waals surface area contributed by atoms with Crippen molar-refractivity contribution in [2.45, 2.75) is 38.6 Å². The molecule has 1 aromatic rings. The molecule has 0 atom stereocenters. The third kappa shape index (κ3) is 1.80. The molecule has 96 valence electrons. The number of nitrogens with one attached hydrogen (secondary N) is 1. The van der Waals surface area contributed by atoms with Crippen molar-refractivity contribution in [2.24, 2.45) is 10.8 Å². The van der Waals surface area contributed by atoms with E-state index in [2.05, 4.69) is 39.1 Å². The lowest BCUT2D eigenvalue weighted by Gasteiger charge is -2.12. The van der Waals surface area contributed by atoms with Crippen LogP contribution in [0.3, 0.4) is 0 Å². The van der Waals surface area contributed by atoms with Gasteiger partial charge in [0, 0.05) is 10.9 Å². The highest BCUT2D eigenvalue weighted by Gasteiger charge is 2.65. The van der Waals surface area contributed by atoms with Gasteiger partial charge >= 0.3 is 0 Å². The fraction of sp³-hybridized carbons (Fsp3) is 0.533. The Balaban J connectivity index is 2.30. The van der Waals surface area contributed by atoms with Crippen molar-refractivity contribution in [3.8, 4) is 6.07 Å². The van der Waals surface area contributed by atoms with E-state index in [1.54, 1.807) is 11.8 Å². The predicted octanol–water partition coefficient (Wildman–Crippen LogP) is 4.13. The first kappa shape index (κ1) is 13.3. The molecule has 1 N–H and O–H groups in total. The average molecular weight is 260 g/mol. The summed E-state index contributed by atoms with van der Waals surface area (Å²) in [4.78, 5) is 1.04. The van der Waals surface area contributed by atoms with Crippen molar-refractivity contribution in [1.82, 2.24) is 0 Å². The average Bonchev–Trinajstić information content (AvgIpc) is 2.71. The molecule has 3 heteroatoms. The Hall–Kier alpha value is -1.14. The molecule has 18 heavy (non-hydrogen) atoms. The Morgan fingerprint density at radius 2 is 1.83 bits per heavy atom. The number of anilines is 1. The van der Waals surface area contributed by atoms with E-state index in [-0.39, 0.29) is 10.8 Å². The fourth-order valence-corrected chi connectivity index (χ4v) is 3.22. The second kappa shape index (κ2) is 4.20. The monoisotopic (exact) mass is 260 g/mol. The number of nitrogens with zero attached hydrogens (tertiary/aromatic N) is 1. The minimum Gasteiger partial charge on any atom is -0.380 e. The van der Waals surface area contributed by atoms with Crippen molar-refractivity contribution < 1.29 is 0 Å². The zero-order chi connectivity index (χ0) is 13.6. The third-order valence-corrected chi connectivity index (χ3v) is 5.46. The minimum absolute atomic E-state index is 0.273. The van der Waals surface area contributed by atoms with Gasteiger partial charge in [-0.05, 0) is 29.2 Å². The highest BCUT2D eigenvalue weighted by atomic mass is 32.2. The molecule has 0 unspecified atom stereocenters. The number of rotatable bonds is 3. The van der Waals surface area contributed by atoms with Crippen molar-refractivity contribution in [3.63, 3.8) is 0 Å². The zero-order valence-corrected chi connectivity index (χ0v) is 12.5. The molecule has 0 aromatic heterocycles. The summed E-state index contributed by atoms with van der Waals surface area (Å²) >= 11 is 1.62. The molecule has 0 heterocycles. The number of nitriles is 1. The van der Waals surface area contributed by atoms with E-state index in [9.17, 15) is 5.26 Å². The van der Waals surface area contributed by atoms with Crippen LogP contribution in [0.1, 0.15) is 33.3 Å². The van der Waals surface area contributed by atoms with Crippen LogP contribution in [-0.4, -0.2) is 12.3 Å². The maximum Gasteiger partial charge on any atom is 0.102 e. The van der Waals surface area contributed by atoms with Gasteiger partial charge in [0.05, 0.1) is 11.3 Å². The second-order valence-electron chi connectivity index (χ2n) is 6.02. The van der Waals surface area contributed by atoms with Gasteiger partial charge in [0.2, 0.25) is 0 Å². The maximum atomic E-state index is 9.32. The molecule has 2 rings (SSSR count). The highest BCUT2D eigenvalue weighted by molar-refractivity contribution is 7.98. The second-order valence-corrected chi connectivity index (χ2v) is 6.86. The third-order valence-electron chi connectivity index (χ3n) is 4.68. The van der Waals surface area contributed by atoms with Gasteiger partial charge in [0.25, 0.3) is 0 Å². The lowest BCUT2D eigenvalue weighted by atomic mass is 10.0. The van der Waals surface area contributed by atoms with E-state index in [0.717, 1.165) is 16.1 Å². The highest BCUT2D eigenvalue weighted by Crippen LogP contribution is 2.63. The van der Waals surface area contributed by atoms with Crippen LogP contribution in [0, 0.1) is 22.2 Å². The smallest absolute Gasteiger partial charge is 0.102 e. The normalized spacial score (nSPS) is 20.2. The molecule has 0 aliphatic heterocycles. The molecular formula is C15H20N2S. The number of hydrogen-bond donors (Lipinski definition) is 1. The van der Waals surface area contributed by atoms with Crippen LogP contribution < -0.4 is 5.32 Å². The molecule has 0 bridgehead atoms. The van der Waals surface area contributed by atoms with Gasteiger partial charge in [-0.1, -0.05) is 33.8 Å². The summed E-state index contributed by atoms with van der Waals surface area (Å²) in [6.45, 7) is 9.09. The molecule has 0 saturated heterocycles. The van der Waals surface area contributed by atoms with Gasteiger partial charge in [-0.3, -0.25) is 0 Å². The summed E-state index contributed by atoms with van der Waals surface area (Å²) in [5.74, 6) is 0. The fourth-order valence-electron chi connectivity index (χ4n) is 2.65. The van der Waals surface area contributed by atoms with Crippen LogP contribution in [0.2, 0.25) is 0 Å². The van der Waals surface area contributed by atoms with Gasteiger partial charge < -0.3 is 5.32 Å². The van der Waals surface area contributed by atoms with E-state index >= 15 is 0 Å². The van der Waals surface area contributed by atoms with Crippen LogP contribution in [0.5, 0.6) is 0 Å². The lowest BCUT2D eigenvalue weighted by Crippen LogP contribution is -2.11. The predicted molar refractivity (Wildman–Crippen MR) is 77.9 cm³/mol. The van der Waals surface area contributed by atoms with Crippen LogP contribution in [0.4, 0.5) is 5.69 Å². The molecular weight excluding hydrogens is 240 g/mol. The van der Waals surface area contributed by atoms with Gasteiger partial charge in [0.15, 0.2) is 0 Å². The topological polar surface area (TPSA) is 35.8 Å². The molecule has 1 aromatic carbocycles. The van der Waals surface area contributed by atoms with Crippen LogP contribution in [0.25, 0.3) is 0 Å². The van der Waals surface area contributed by atoms with E-state index < -0.39 is 0 Å². The molecule has 1 saturated carbocycles. The zero-order valence-electron chi connectivity index (χ0n) is 11.7. The minimum atomic E-state index is 0.273. The Kier molecular flexibility index (Phi) is 3.11. The SMILES string of the molecule is CSc1cccc(NC2C(C)(C)C2(C)C)c1C#N. The molecule has 2 nitrogen and oxygen atoms in total. The Bertz CT molecular complexity index is 498. The van der Waals surface area contributed by atoms with E-state index in [1.165, 1.54) is 0 Å². The van der Waals surface area contributed by atoms with Crippen molar-refractivity contribution >= 4 is 17.4 Å². The Morgan fingerprint density at radius 3 is 2.28 bits per heavy atom. The van der Waals surface area contributed by atoms with Crippen molar-refractivity contribution in [3.05, 3.63) is 23.8 Å². The first-order chi connectivity index (χ1) is 8.36. The molecule has 0 spiro atoms. The first-order valence-electron chi connectivity index (χ1n) is 6.20. The summed E-state index contributed by atoms with van der Waals surface area (Å²) in [7, 11) is 0. The first-order valence-corrected chi connectivity index (χ1v) is 7.42. The van der Waals surface area contributed by atoms with Crippen LogP contribution in [0.15, 0.2) is 23.1 Å². The molecule has 1 aliphatic carbocycles. The van der Waals surface area contributed by atoms with E-state index in [4.69, 9.17) is 0 Å². The summed E-state index contributed by atoms with van der Waals surface area (Å²) < 4.78 is 0. The van der Waals surface area contributed by atoms with E-state index in [0.29, 0.717) is 6.04 Å². The van der Waals surface area contributed by atoms with Crippen LogP contribution in [-0.2, 0) is 0 Å². The van der Waals surface area contributed by atoms with Gasteiger partial charge in [-0.25, -0.2) is 0 Å².